The molecule has 3 nitrogen and oxygen atoms in total. The zero-order valence-electron chi connectivity index (χ0n) is 11.6. The van der Waals surface area contributed by atoms with Gasteiger partial charge in [0, 0.05) is 34.9 Å². The number of rotatable bonds is 4. The Morgan fingerprint density at radius 2 is 2.00 bits per heavy atom. The largest absolute Gasteiger partial charge is 0.348 e. The molecule has 22 heavy (non-hydrogen) atoms. The third-order valence-electron chi connectivity index (χ3n) is 3.16. The zero-order valence-corrected chi connectivity index (χ0v) is 12.4. The minimum Gasteiger partial charge on any atom is -0.348 e. The van der Waals surface area contributed by atoms with Crippen molar-refractivity contribution in [3.8, 4) is 10.4 Å². The molecule has 1 amide bonds. The van der Waals surface area contributed by atoms with Crippen molar-refractivity contribution in [2.45, 2.75) is 6.54 Å². The van der Waals surface area contributed by atoms with E-state index in [4.69, 9.17) is 0 Å². The van der Waals surface area contributed by atoms with Gasteiger partial charge in [-0.1, -0.05) is 6.07 Å². The van der Waals surface area contributed by atoms with Crippen LogP contribution in [0.2, 0.25) is 0 Å². The van der Waals surface area contributed by atoms with E-state index in [1.807, 2.05) is 23.6 Å². The number of benzene rings is 1. The third-order valence-corrected chi connectivity index (χ3v) is 4.08. The number of hydrogen-bond acceptors (Lipinski definition) is 3. The van der Waals surface area contributed by atoms with Crippen LogP contribution in [0.4, 0.5) is 4.39 Å². The Morgan fingerprint density at radius 1 is 1.18 bits per heavy atom. The van der Waals surface area contributed by atoms with Crippen molar-refractivity contribution in [3.63, 3.8) is 0 Å². The maximum absolute atomic E-state index is 12.8. The molecule has 0 unspecified atom stereocenters. The second kappa shape index (κ2) is 6.49. The predicted octanol–water partition coefficient (Wildman–Crippen LogP) is 3.88. The number of carbonyl (C=O) groups excluding carboxylic acids is 1. The summed E-state index contributed by atoms with van der Waals surface area (Å²) < 4.78 is 12.8. The molecular formula is C17H13FN2OS. The molecule has 2 aromatic heterocycles. The summed E-state index contributed by atoms with van der Waals surface area (Å²) in [4.78, 5) is 17.3. The highest BCUT2D eigenvalue weighted by atomic mass is 32.1. The van der Waals surface area contributed by atoms with Crippen molar-refractivity contribution < 1.29 is 9.18 Å². The van der Waals surface area contributed by atoms with E-state index in [-0.39, 0.29) is 11.7 Å². The van der Waals surface area contributed by atoms with Crippen LogP contribution in [0.25, 0.3) is 10.4 Å². The lowest BCUT2D eigenvalue weighted by Crippen LogP contribution is -2.22. The molecule has 0 saturated carbocycles. The molecule has 0 saturated heterocycles. The normalized spacial score (nSPS) is 10.4. The number of hydrogen-bond donors (Lipinski definition) is 1. The first-order valence-electron chi connectivity index (χ1n) is 6.74. The van der Waals surface area contributed by atoms with E-state index in [0.29, 0.717) is 12.1 Å². The van der Waals surface area contributed by atoms with Gasteiger partial charge in [-0.15, -0.1) is 11.3 Å². The third kappa shape index (κ3) is 3.38. The molecule has 2 heterocycles. The van der Waals surface area contributed by atoms with Crippen LogP contribution in [0, 0.1) is 5.82 Å². The van der Waals surface area contributed by atoms with Gasteiger partial charge in [-0.3, -0.25) is 9.78 Å². The number of pyridine rings is 1. The number of aromatic nitrogens is 1. The summed E-state index contributed by atoms with van der Waals surface area (Å²) in [6.07, 6.45) is 3.53. The van der Waals surface area contributed by atoms with Gasteiger partial charge < -0.3 is 5.32 Å². The van der Waals surface area contributed by atoms with Gasteiger partial charge in [0.05, 0.1) is 0 Å². The molecule has 0 aliphatic carbocycles. The molecule has 0 bridgehead atoms. The van der Waals surface area contributed by atoms with Crippen LogP contribution in [0.3, 0.4) is 0 Å². The van der Waals surface area contributed by atoms with Gasteiger partial charge in [-0.25, -0.2) is 4.39 Å². The van der Waals surface area contributed by atoms with Gasteiger partial charge in [0.15, 0.2) is 0 Å². The van der Waals surface area contributed by atoms with Crippen LogP contribution in [0.1, 0.15) is 15.9 Å². The van der Waals surface area contributed by atoms with Crippen molar-refractivity contribution in [3.05, 3.63) is 77.2 Å². The minimum atomic E-state index is -0.357. The second-order valence-electron chi connectivity index (χ2n) is 4.75. The average Bonchev–Trinajstić information content (AvgIpc) is 3.08. The highest BCUT2D eigenvalue weighted by Gasteiger charge is 2.06. The van der Waals surface area contributed by atoms with E-state index in [1.165, 1.54) is 24.3 Å². The molecule has 0 aliphatic heterocycles. The molecule has 1 aromatic carbocycles. The van der Waals surface area contributed by atoms with E-state index in [1.54, 1.807) is 23.7 Å². The van der Waals surface area contributed by atoms with E-state index in [9.17, 15) is 9.18 Å². The summed E-state index contributed by atoms with van der Waals surface area (Å²) >= 11 is 1.64. The van der Waals surface area contributed by atoms with Gasteiger partial charge in [-0.05, 0) is 47.3 Å². The summed E-state index contributed by atoms with van der Waals surface area (Å²) in [5.41, 5.74) is 2.38. The van der Waals surface area contributed by atoms with Gasteiger partial charge in [0.1, 0.15) is 5.82 Å². The number of amides is 1. The summed E-state index contributed by atoms with van der Waals surface area (Å²) in [5.74, 6) is -0.592. The molecular weight excluding hydrogens is 299 g/mol. The zero-order chi connectivity index (χ0) is 15.4. The molecule has 0 spiro atoms. The van der Waals surface area contributed by atoms with Gasteiger partial charge >= 0.3 is 0 Å². The SMILES string of the molecule is O=C(NCc1cncc(-c2cccs2)c1)c1ccc(F)cc1. The fourth-order valence-corrected chi connectivity index (χ4v) is 2.76. The highest BCUT2D eigenvalue weighted by molar-refractivity contribution is 7.13. The van der Waals surface area contributed by atoms with Crippen LogP contribution in [0.15, 0.2) is 60.2 Å². The molecule has 0 atom stereocenters. The Balaban J connectivity index is 1.67. The van der Waals surface area contributed by atoms with E-state index in [2.05, 4.69) is 10.3 Å². The Hall–Kier alpha value is -2.53. The molecule has 0 radical (unpaired) electrons. The quantitative estimate of drug-likeness (QED) is 0.794. The lowest BCUT2D eigenvalue weighted by atomic mass is 10.1. The number of thiophene rings is 1. The standard InChI is InChI=1S/C17H13FN2OS/c18-15-5-3-13(4-6-15)17(21)20-10-12-8-14(11-19-9-12)16-2-1-7-22-16/h1-9,11H,10H2,(H,20,21). The molecule has 110 valence electrons. The average molecular weight is 312 g/mol. The lowest BCUT2D eigenvalue weighted by molar-refractivity contribution is 0.0951. The summed E-state index contributed by atoms with van der Waals surface area (Å²) in [6.45, 7) is 0.377. The summed E-state index contributed by atoms with van der Waals surface area (Å²) in [5, 5.41) is 4.82. The topological polar surface area (TPSA) is 42.0 Å². The van der Waals surface area contributed by atoms with E-state index < -0.39 is 0 Å². The number of nitrogens with one attached hydrogen (secondary N) is 1. The molecule has 5 heteroatoms. The van der Waals surface area contributed by atoms with Crippen LogP contribution in [-0.2, 0) is 6.54 Å². The monoisotopic (exact) mass is 312 g/mol. The Bertz CT molecular complexity index is 770. The molecule has 0 fully saturated rings. The number of carbonyl (C=O) groups is 1. The summed E-state index contributed by atoms with van der Waals surface area (Å²) in [6, 6.07) is 11.5. The van der Waals surface area contributed by atoms with Crippen molar-refractivity contribution in [2.75, 3.05) is 0 Å². The van der Waals surface area contributed by atoms with E-state index >= 15 is 0 Å². The van der Waals surface area contributed by atoms with Crippen LogP contribution < -0.4 is 5.32 Å². The summed E-state index contributed by atoms with van der Waals surface area (Å²) in [7, 11) is 0. The minimum absolute atomic E-state index is 0.235. The van der Waals surface area contributed by atoms with Gasteiger partial charge in [0.25, 0.3) is 5.91 Å². The number of halogens is 1. The predicted molar refractivity (Wildman–Crippen MR) is 85.1 cm³/mol. The fraction of sp³-hybridized carbons (Fsp3) is 0.0588. The Morgan fingerprint density at radius 3 is 2.73 bits per heavy atom. The smallest absolute Gasteiger partial charge is 0.251 e. The first-order valence-corrected chi connectivity index (χ1v) is 7.62. The first-order chi connectivity index (χ1) is 10.7. The van der Waals surface area contributed by atoms with Crippen LogP contribution in [-0.4, -0.2) is 10.9 Å². The van der Waals surface area contributed by atoms with Crippen molar-refractivity contribution >= 4 is 17.2 Å². The number of nitrogens with zero attached hydrogens (tertiary/aromatic N) is 1. The molecule has 1 N–H and O–H groups in total. The molecule has 0 aliphatic rings. The van der Waals surface area contributed by atoms with Gasteiger partial charge in [-0.2, -0.15) is 0 Å². The molecule has 3 aromatic rings. The van der Waals surface area contributed by atoms with Crippen molar-refractivity contribution in [1.29, 1.82) is 0 Å². The maximum atomic E-state index is 12.8. The molecule has 3 rings (SSSR count). The van der Waals surface area contributed by atoms with Crippen LogP contribution >= 0.6 is 11.3 Å². The van der Waals surface area contributed by atoms with Crippen LogP contribution in [0.5, 0.6) is 0 Å². The highest BCUT2D eigenvalue weighted by Crippen LogP contribution is 2.24. The Labute approximate surface area is 131 Å². The fourth-order valence-electron chi connectivity index (χ4n) is 2.05. The van der Waals surface area contributed by atoms with E-state index in [0.717, 1.165) is 16.0 Å². The lowest BCUT2D eigenvalue weighted by Gasteiger charge is -2.06. The van der Waals surface area contributed by atoms with Gasteiger partial charge in [0.2, 0.25) is 0 Å². The van der Waals surface area contributed by atoms with Crippen molar-refractivity contribution in [1.82, 2.24) is 10.3 Å². The maximum Gasteiger partial charge on any atom is 0.251 e. The first kappa shape index (κ1) is 14.4. The second-order valence-corrected chi connectivity index (χ2v) is 5.70. The Kier molecular flexibility index (Phi) is 4.25. The van der Waals surface area contributed by atoms with Crippen molar-refractivity contribution in [2.24, 2.45) is 0 Å².